The van der Waals surface area contributed by atoms with E-state index in [0.717, 1.165) is 37.7 Å². The molecule has 372 valence electrons. The Kier molecular flexibility index (Phi) is 16.0. The van der Waals surface area contributed by atoms with E-state index in [1.54, 1.807) is 63.0 Å². The summed E-state index contributed by atoms with van der Waals surface area (Å²) >= 11 is 0. The van der Waals surface area contributed by atoms with Crippen molar-refractivity contribution in [3.63, 3.8) is 0 Å². The predicted octanol–water partition coefficient (Wildman–Crippen LogP) is 9.06. The first-order valence-corrected chi connectivity index (χ1v) is 24.0. The number of hydroxylamine groups is 1. The lowest BCUT2D eigenvalue weighted by atomic mass is 9.97. The van der Waals surface area contributed by atoms with E-state index < -0.39 is 23.5 Å². The van der Waals surface area contributed by atoms with Crippen LogP contribution < -0.4 is 32.6 Å². The minimum absolute atomic E-state index is 0.0482. The monoisotopic (exact) mass is 985 g/mol. The van der Waals surface area contributed by atoms with Gasteiger partial charge in [0, 0.05) is 35.7 Å². The molecule has 21 heteroatoms. The van der Waals surface area contributed by atoms with Crippen LogP contribution >= 0.6 is 0 Å². The summed E-state index contributed by atoms with van der Waals surface area (Å²) in [5.74, 6) is -0.874. The van der Waals surface area contributed by atoms with Crippen molar-refractivity contribution in [1.82, 2.24) is 40.2 Å². The molecular formula is C52H54FN16O4+. The summed E-state index contributed by atoms with van der Waals surface area (Å²) in [7, 11) is 0. The molecule has 3 aromatic carbocycles. The molecule has 2 aliphatic rings. The largest absolute Gasteiger partial charge is 0.365 e. The van der Waals surface area contributed by atoms with Crippen molar-refractivity contribution in [3.05, 3.63) is 130 Å². The van der Waals surface area contributed by atoms with Gasteiger partial charge in [0.25, 0.3) is 11.8 Å². The second-order valence-corrected chi connectivity index (χ2v) is 18.2. The van der Waals surface area contributed by atoms with E-state index in [2.05, 4.69) is 66.3 Å². The Labute approximate surface area is 420 Å². The van der Waals surface area contributed by atoms with Gasteiger partial charge in [-0.1, -0.05) is 44.5 Å². The number of carbonyl (C=O) groups is 3. The molecule has 2 aliphatic carbocycles. The Morgan fingerprint density at radius 3 is 1.81 bits per heavy atom. The van der Waals surface area contributed by atoms with E-state index in [1.807, 2.05) is 32.0 Å². The minimum atomic E-state index is -0.661. The molecule has 0 aliphatic heterocycles. The molecule has 0 saturated heterocycles. The zero-order valence-corrected chi connectivity index (χ0v) is 40.3. The maximum Gasteiger partial charge on any atom is 0.327 e. The topological polar surface area (TPSA) is 276 Å². The average Bonchev–Trinajstić information content (AvgIpc) is 4.29. The molecule has 3 amide bonds. The number of hydrogen-bond donors (Lipinski definition) is 6. The number of anilines is 6. The van der Waals surface area contributed by atoms with Gasteiger partial charge in [-0.25, -0.2) is 9.87 Å². The maximum atomic E-state index is 13.8. The Bertz CT molecular complexity index is 3160. The highest BCUT2D eigenvalue weighted by molar-refractivity contribution is 6.00. The van der Waals surface area contributed by atoms with Crippen molar-refractivity contribution in [2.45, 2.75) is 96.4 Å². The number of benzene rings is 3. The molecule has 2 saturated carbocycles. The summed E-state index contributed by atoms with van der Waals surface area (Å²) < 4.78 is 18.6. The third-order valence-corrected chi connectivity index (χ3v) is 12.9. The fourth-order valence-electron chi connectivity index (χ4n) is 8.46. The van der Waals surface area contributed by atoms with Gasteiger partial charge in [-0.3, -0.25) is 33.3 Å². The van der Waals surface area contributed by atoms with Crippen LogP contribution in [0.25, 0.3) is 4.95 Å². The number of nitrogens with two attached hydrogens (primary N) is 1. The van der Waals surface area contributed by atoms with Crippen LogP contribution in [0, 0.1) is 63.6 Å². The lowest BCUT2D eigenvalue weighted by Crippen LogP contribution is -2.24. The molecule has 20 nitrogen and oxygen atoms in total. The number of carbonyl (C=O) groups excluding carboxylic acids is 3. The summed E-state index contributed by atoms with van der Waals surface area (Å²) in [6.45, 7) is 4.01. The summed E-state index contributed by atoms with van der Waals surface area (Å²) in [6, 6.07) is 28.9. The van der Waals surface area contributed by atoms with E-state index in [1.165, 1.54) is 24.3 Å². The Morgan fingerprint density at radius 1 is 0.726 bits per heavy atom. The van der Waals surface area contributed by atoms with Crippen LogP contribution in [0.1, 0.15) is 126 Å². The first-order chi connectivity index (χ1) is 35.4. The zero-order chi connectivity index (χ0) is 51.4. The first-order valence-electron chi connectivity index (χ1n) is 24.0. The SMILES string of the molecule is CCC(C)C(CC#N)n1cc(C(N)=O)c(Nc2cccc(CC#[N+]NC(=O)c3cn(C(CC#N)C4CC4)nc3Nc3cccc(CONC(=O)c4cn(C(CC#N)C5CC5)nc4Nc4ccc(F)cc4)c3)c2)n1. The molecule has 4 unspecified atom stereocenters. The van der Waals surface area contributed by atoms with E-state index in [-0.39, 0.29) is 102 Å². The van der Waals surface area contributed by atoms with Gasteiger partial charge in [0.2, 0.25) is 0 Å². The van der Waals surface area contributed by atoms with Crippen molar-refractivity contribution in [1.29, 1.82) is 15.8 Å². The summed E-state index contributed by atoms with van der Waals surface area (Å²) in [5, 5.41) is 52.1. The van der Waals surface area contributed by atoms with Crippen LogP contribution in [0.4, 0.5) is 38.9 Å². The van der Waals surface area contributed by atoms with Gasteiger partial charge < -0.3 is 21.7 Å². The molecule has 7 N–H and O–H groups in total. The highest BCUT2D eigenvalue weighted by Gasteiger charge is 2.36. The number of primary amides is 1. The van der Waals surface area contributed by atoms with Gasteiger partial charge in [0.15, 0.2) is 17.5 Å². The lowest BCUT2D eigenvalue weighted by Gasteiger charge is -2.20. The van der Waals surface area contributed by atoms with E-state index >= 15 is 0 Å². The lowest BCUT2D eigenvalue weighted by molar-refractivity contribution is 0.0234. The normalized spacial score (nSPS) is 14.4. The second kappa shape index (κ2) is 23.2. The summed E-state index contributed by atoms with van der Waals surface area (Å²) in [6.07, 6.45) is 10.2. The third kappa shape index (κ3) is 12.8. The smallest absolute Gasteiger partial charge is 0.327 e. The average molecular weight is 986 g/mol. The van der Waals surface area contributed by atoms with Crippen LogP contribution in [-0.4, -0.2) is 47.1 Å². The first kappa shape index (κ1) is 50.3. The quantitative estimate of drug-likeness (QED) is 0.0327. The van der Waals surface area contributed by atoms with Crippen LogP contribution in [0.2, 0.25) is 0 Å². The Morgan fingerprint density at radius 2 is 1.25 bits per heavy atom. The zero-order valence-electron chi connectivity index (χ0n) is 40.3. The van der Waals surface area contributed by atoms with E-state index in [9.17, 15) is 34.6 Å². The number of hydrogen-bond acceptors (Lipinski definition) is 13. The molecular weight excluding hydrogens is 932 g/mol. The van der Waals surface area contributed by atoms with E-state index in [4.69, 9.17) is 15.7 Å². The highest BCUT2D eigenvalue weighted by atomic mass is 19.1. The Hall–Kier alpha value is -9.05. The molecule has 0 radical (unpaired) electrons. The maximum absolute atomic E-state index is 13.8. The number of aromatic nitrogens is 6. The number of halogens is 1. The molecule has 3 heterocycles. The van der Waals surface area contributed by atoms with Gasteiger partial charge in [-0.2, -0.15) is 31.1 Å². The Balaban J connectivity index is 0.929. The molecule has 3 aromatic heterocycles. The van der Waals surface area contributed by atoms with Gasteiger partial charge in [-0.15, -0.1) is 0 Å². The van der Waals surface area contributed by atoms with Crippen molar-refractivity contribution in [2.75, 3.05) is 16.0 Å². The fraction of sp³-hybridized carbons (Fsp3) is 0.346. The molecule has 8 rings (SSSR count). The van der Waals surface area contributed by atoms with Gasteiger partial charge in [0.05, 0.1) is 67.2 Å². The third-order valence-electron chi connectivity index (χ3n) is 12.9. The van der Waals surface area contributed by atoms with Crippen LogP contribution in [0.3, 0.4) is 0 Å². The number of rotatable bonds is 23. The summed E-state index contributed by atoms with van der Waals surface area (Å²) in [4.78, 5) is 49.6. The fourth-order valence-corrected chi connectivity index (χ4v) is 8.46. The van der Waals surface area contributed by atoms with Gasteiger partial charge in [0.1, 0.15) is 28.9 Å². The van der Waals surface area contributed by atoms with Crippen molar-refractivity contribution in [3.8, 4) is 24.3 Å². The van der Waals surface area contributed by atoms with Crippen LogP contribution in [0.5, 0.6) is 0 Å². The van der Waals surface area contributed by atoms with E-state index in [0.29, 0.717) is 22.6 Å². The number of nitriles is 3. The highest BCUT2D eigenvalue weighted by Crippen LogP contribution is 2.43. The standard InChI is InChI=1S/C52H53FN16O4/c1-3-32(2)44(18-22-54)67-28-41(47(57)70)48(63-67)60-39-8-4-6-33(26-39)21-25-58-62-51(71)42-29-68(45(19-23-55)35-10-11-35)64-49(42)61-40-9-5-7-34(27-40)31-73-66-52(72)43-30-69(46(20-24-56)36-12-13-36)65-50(43)59-38-16-14-37(53)15-17-38/h4-9,14-17,26-30,32,35-36,44-46H,3,10-13,18-21,31H2,1-2H3,(H6-,57,59,60,61,62,63,64,65,66,70,71,72)/p+1. The molecule has 73 heavy (non-hydrogen) atoms. The van der Waals surface area contributed by atoms with Crippen molar-refractivity contribution in [2.24, 2.45) is 23.5 Å². The van der Waals surface area contributed by atoms with Crippen molar-refractivity contribution >= 4 is 52.2 Å². The van der Waals surface area contributed by atoms with Crippen molar-refractivity contribution < 1.29 is 23.6 Å². The number of amides is 3. The number of nitrogens with zero attached hydrogens (tertiary/aromatic N) is 10. The van der Waals surface area contributed by atoms with Crippen LogP contribution in [-0.2, 0) is 17.9 Å². The molecule has 2 fully saturated rings. The van der Waals surface area contributed by atoms with Crippen LogP contribution in [0.15, 0.2) is 91.4 Å². The number of nitrogens with one attached hydrogen (secondary N) is 5. The molecule has 0 bridgehead atoms. The summed E-state index contributed by atoms with van der Waals surface area (Å²) in [5.41, 5.74) is 14.4. The second-order valence-electron chi connectivity index (χ2n) is 18.2. The molecule has 4 atom stereocenters. The van der Waals surface area contributed by atoms with Gasteiger partial charge in [-0.05, 0) is 109 Å². The minimum Gasteiger partial charge on any atom is -0.365 e. The van der Waals surface area contributed by atoms with Gasteiger partial charge >= 0.3 is 12.0 Å². The predicted molar refractivity (Wildman–Crippen MR) is 268 cm³/mol. The molecule has 6 aromatic rings. The molecule has 0 spiro atoms.